The number of methoxy groups -OCH3 is 1. The van der Waals surface area contributed by atoms with E-state index < -0.39 is 23.8 Å². The largest absolute Gasteiger partial charge is 0.497 e. The Labute approximate surface area is 138 Å². The minimum absolute atomic E-state index is 0.0362. The van der Waals surface area contributed by atoms with E-state index in [9.17, 15) is 18.4 Å². The predicted molar refractivity (Wildman–Crippen MR) is 84.1 cm³/mol. The van der Waals surface area contributed by atoms with E-state index in [4.69, 9.17) is 4.74 Å². The minimum Gasteiger partial charge on any atom is -0.497 e. The number of hydrogen-bond acceptors (Lipinski definition) is 6. The molecule has 1 rings (SSSR count). The number of nitrogens with zero attached hydrogens (tertiary/aromatic N) is 2. The van der Waals surface area contributed by atoms with Crippen molar-refractivity contribution >= 4 is 18.0 Å². The second-order valence-electron chi connectivity index (χ2n) is 4.52. The lowest BCUT2D eigenvalue weighted by atomic mass is 10.2. The van der Waals surface area contributed by atoms with Crippen LogP contribution < -0.4 is 4.74 Å². The summed E-state index contributed by atoms with van der Waals surface area (Å²) in [7, 11) is 2.94. The van der Waals surface area contributed by atoms with E-state index in [0.717, 1.165) is 11.2 Å². The summed E-state index contributed by atoms with van der Waals surface area (Å²) in [6.07, 6.45) is -0.961. The van der Waals surface area contributed by atoms with E-state index in [1.54, 1.807) is 31.4 Å². The molecular formula is C16H18F2N2O4. The molecule has 0 aromatic heterocycles. The number of alkyl halides is 2. The fourth-order valence-electron chi connectivity index (χ4n) is 1.61. The molecule has 8 heteroatoms. The standard InChI is InChI=1S/C16H18F2N2O4/c1-4-24-16(22)13(14(21)15(17)18)10-20(2)19-9-11-5-7-12(23-3)8-6-11/h5-10,15H,4H2,1-3H3/b13-10-,19-9+. The van der Waals surface area contributed by atoms with Crippen LogP contribution in [0.3, 0.4) is 0 Å². The van der Waals surface area contributed by atoms with Gasteiger partial charge in [0.05, 0.1) is 19.9 Å². The zero-order valence-electron chi connectivity index (χ0n) is 13.5. The summed E-state index contributed by atoms with van der Waals surface area (Å²) in [5.41, 5.74) is -0.0462. The van der Waals surface area contributed by atoms with Gasteiger partial charge < -0.3 is 9.47 Å². The van der Waals surface area contributed by atoms with E-state index >= 15 is 0 Å². The van der Waals surface area contributed by atoms with Crippen LogP contribution >= 0.6 is 0 Å². The average Bonchev–Trinajstić information content (AvgIpc) is 2.57. The Morgan fingerprint density at radius 1 is 1.29 bits per heavy atom. The van der Waals surface area contributed by atoms with Gasteiger partial charge in [-0.05, 0) is 36.8 Å². The van der Waals surface area contributed by atoms with Crippen molar-refractivity contribution in [3.05, 3.63) is 41.6 Å². The van der Waals surface area contributed by atoms with E-state index in [0.29, 0.717) is 11.3 Å². The molecule has 130 valence electrons. The van der Waals surface area contributed by atoms with Gasteiger partial charge in [0.1, 0.15) is 11.3 Å². The van der Waals surface area contributed by atoms with Gasteiger partial charge in [-0.2, -0.15) is 5.10 Å². The Morgan fingerprint density at radius 2 is 1.92 bits per heavy atom. The molecule has 6 nitrogen and oxygen atoms in total. The maximum atomic E-state index is 12.6. The molecular weight excluding hydrogens is 322 g/mol. The summed E-state index contributed by atoms with van der Waals surface area (Å²) < 4.78 is 34.8. The number of halogens is 2. The zero-order valence-corrected chi connectivity index (χ0v) is 13.5. The number of carbonyl (C=O) groups excluding carboxylic acids is 2. The molecule has 0 bridgehead atoms. The van der Waals surface area contributed by atoms with Crippen molar-refractivity contribution in [1.82, 2.24) is 5.01 Å². The number of ketones is 1. The predicted octanol–water partition coefficient (Wildman–Crippen LogP) is 2.24. The van der Waals surface area contributed by atoms with Crippen molar-refractivity contribution in [2.45, 2.75) is 13.3 Å². The molecule has 0 saturated carbocycles. The van der Waals surface area contributed by atoms with Crippen LogP contribution in [0.25, 0.3) is 0 Å². The van der Waals surface area contributed by atoms with Crippen LogP contribution in [0.4, 0.5) is 8.78 Å². The van der Waals surface area contributed by atoms with E-state index in [2.05, 4.69) is 9.84 Å². The van der Waals surface area contributed by atoms with Gasteiger partial charge >= 0.3 is 12.4 Å². The molecule has 0 radical (unpaired) electrons. The van der Waals surface area contributed by atoms with Crippen LogP contribution in [-0.4, -0.2) is 50.2 Å². The smallest absolute Gasteiger partial charge is 0.343 e. The molecule has 1 aromatic carbocycles. The number of esters is 1. The van der Waals surface area contributed by atoms with Crippen molar-refractivity contribution in [3.63, 3.8) is 0 Å². The first-order valence-electron chi connectivity index (χ1n) is 7.01. The van der Waals surface area contributed by atoms with Crippen LogP contribution in [0.1, 0.15) is 12.5 Å². The molecule has 0 saturated heterocycles. The highest BCUT2D eigenvalue weighted by Crippen LogP contribution is 2.11. The third-order valence-electron chi connectivity index (χ3n) is 2.78. The van der Waals surface area contributed by atoms with Gasteiger partial charge in [-0.15, -0.1) is 0 Å². The first-order valence-corrected chi connectivity index (χ1v) is 7.01. The highest BCUT2D eigenvalue weighted by molar-refractivity contribution is 6.18. The first-order chi connectivity index (χ1) is 11.4. The molecule has 0 N–H and O–H groups in total. The molecule has 0 unspecified atom stereocenters. The molecule has 0 atom stereocenters. The van der Waals surface area contributed by atoms with Crippen LogP contribution in [0, 0.1) is 0 Å². The monoisotopic (exact) mass is 340 g/mol. The van der Waals surface area contributed by atoms with Crippen LogP contribution in [0.5, 0.6) is 5.75 Å². The molecule has 0 fully saturated rings. The summed E-state index contributed by atoms with van der Waals surface area (Å²) in [6, 6.07) is 6.91. The summed E-state index contributed by atoms with van der Waals surface area (Å²) in [4.78, 5) is 23.1. The Balaban J connectivity index is 2.92. The van der Waals surface area contributed by atoms with Crippen molar-refractivity contribution in [1.29, 1.82) is 0 Å². The van der Waals surface area contributed by atoms with Gasteiger partial charge in [0, 0.05) is 13.2 Å². The maximum absolute atomic E-state index is 12.6. The SMILES string of the molecule is CCOC(=O)/C(=C\N(C)/N=C/c1ccc(OC)cc1)C(=O)C(F)F. The summed E-state index contributed by atoms with van der Waals surface area (Å²) >= 11 is 0. The maximum Gasteiger partial charge on any atom is 0.343 e. The lowest BCUT2D eigenvalue weighted by molar-refractivity contribution is -0.141. The number of ether oxygens (including phenoxy) is 2. The lowest BCUT2D eigenvalue weighted by Gasteiger charge is -2.10. The first kappa shape index (κ1) is 19.3. The zero-order chi connectivity index (χ0) is 18.1. The topological polar surface area (TPSA) is 68.2 Å². The van der Waals surface area contributed by atoms with E-state index in [1.807, 2.05) is 0 Å². The van der Waals surface area contributed by atoms with Crippen molar-refractivity contribution in [2.24, 2.45) is 5.10 Å². The number of hydrazone groups is 1. The second kappa shape index (κ2) is 9.39. The van der Waals surface area contributed by atoms with Crippen molar-refractivity contribution in [3.8, 4) is 5.75 Å². The highest BCUT2D eigenvalue weighted by atomic mass is 19.3. The molecule has 0 aliphatic rings. The van der Waals surface area contributed by atoms with E-state index in [-0.39, 0.29) is 6.61 Å². The second-order valence-corrected chi connectivity index (χ2v) is 4.52. The molecule has 0 spiro atoms. The Hall–Kier alpha value is -2.77. The van der Waals surface area contributed by atoms with Gasteiger partial charge in [0.15, 0.2) is 0 Å². The van der Waals surface area contributed by atoms with Gasteiger partial charge in [0.2, 0.25) is 5.78 Å². The number of hydrogen-bond donors (Lipinski definition) is 0. The molecule has 0 heterocycles. The summed E-state index contributed by atoms with van der Waals surface area (Å²) in [6.45, 7) is 1.47. The van der Waals surface area contributed by atoms with Gasteiger partial charge in [0.25, 0.3) is 0 Å². The van der Waals surface area contributed by atoms with Crippen molar-refractivity contribution in [2.75, 3.05) is 20.8 Å². The third-order valence-corrected chi connectivity index (χ3v) is 2.78. The van der Waals surface area contributed by atoms with Crippen molar-refractivity contribution < 1.29 is 27.8 Å². The minimum atomic E-state index is -3.31. The molecule has 0 amide bonds. The summed E-state index contributed by atoms with van der Waals surface area (Å²) in [5, 5.41) is 5.04. The van der Waals surface area contributed by atoms with Gasteiger partial charge in [-0.1, -0.05) is 0 Å². The number of rotatable bonds is 8. The quantitative estimate of drug-likeness (QED) is 0.181. The number of Topliss-reactive ketones (excluding diaryl/α,β-unsaturated/α-hetero) is 1. The fraction of sp³-hybridized carbons (Fsp3) is 0.312. The average molecular weight is 340 g/mol. The Bertz CT molecular complexity index is 627. The molecule has 24 heavy (non-hydrogen) atoms. The van der Waals surface area contributed by atoms with Crippen LogP contribution in [-0.2, 0) is 14.3 Å². The summed E-state index contributed by atoms with van der Waals surface area (Å²) in [5.74, 6) is -2.05. The van der Waals surface area contributed by atoms with Gasteiger partial charge in [-0.25, -0.2) is 13.6 Å². The fourth-order valence-corrected chi connectivity index (χ4v) is 1.61. The normalized spacial score (nSPS) is 11.7. The molecule has 0 aliphatic carbocycles. The highest BCUT2D eigenvalue weighted by Gasteiger charge is 2.27. The van der Waals surface area contributed by atoms with Crippen LogP contribution in [0.15, 0.2) is 41.1 Å². The Morgan fingerprint density at radius 3 is 2.42 bits per heavy atom. The third kappa shape index (κ3) is 5.79. The lowest BCUT2D eigenvalue weighted by Crippen LogP contribution is -2.23. The van der Waals surface area contributed by atoms with Gasteiger partial charge in [-0.3, -0.25) is 9.80 Å². The molecule has 1 aromatic rings. The number of benzene rings is 1. The van der Waals surface area contributed by atoms with E-state index in [1.165, 1.54) is 20.2 Å². The molecule has 0 aliphatic heterocycles. The van der Waals surface area contributed by atoms with Crippen LogP contribution in [0.2, 0.25) is 0 Å². The Kier molecular flexibility index (Phi) is 7.54. The number of carbonyl (C=O) groups is 2.